The number of hydrogen-bond acceptors (Lipinski definition) is 5. The van der Waals surface area contributed by atoms with Crippen LogP contribution >= 0.6 is 0 Å². The minimum Gasteiger partial charge on any atom is -0.489 e. The molecule has 3 aromatic rings. The van der Waals surface area contributed by atoms with Gasteiger partial charge in [0.25, 0.3) is 5.91 Å². The van der Waals surface area contributed by atoms with E-state index in [2.05, 4.69) is 5.16 Å². The maximum atomic E-state index is 13.3. The summed E-state index contributed by atoms with van der Waals surface area (Å²) in [7, 11) is 0. The van der Waals surface area contributed by atoms with E-state index < -0.39 is 11.9 Å². The second kappa shape index (κ2) is 8.02. The highest BCUT2D eigenvalue weighted by Crippen LogP contribution is 2.26. The van der Waals surface area contributed by atoms with Crippen molar-refractivity contribution in [2.24, 2.45) is 5.73 Å². The molecule has 0 saturated heterocycles. The predicted octanol–water partition coefficient (Wildman–Crippen LogP) is 2.92. The van der Waals surface area contributed by atoms with Crippen LogP contribution in [0.25, 0.3) is 0 Å². The van der Waals surface area contributed by atoms with Gasteiger partial charge in [0.2, 0.25) is 5.91 Å². The molecule has 0 bridgehead atoms. The van der Waals surface area contributed by atoms with E-state index in [1.807, 2.05) is 38.1 Å². The van der Waals surface area contributed by atoms with Crippen LogP contribution in [-0.4, -0.2) is 27.9 Å². The summed E-state index contributed by atoms with van der Waals surface area (Å²) < 4.78 is 11.0. The largest absolute Gasteiger partial charge is 0.489 e. The average molecular weight is 405 g/mol. The number of nitrogens with two attached hydrogens (primary N) is 1. The van der Waals surface area contributed by atoms with Gasteiger partial charge in [0.1, 0.15) is 24.2 Å². The van der Waals surface area contributed by atoms with E-state index in [0.717, 1.165) is 22.4 Å². The fourth-order valence-corrected chi connectivity index (χ4v) is 3.74. The van der Waals surface area contributed by atoms with Crippen molar-refractivity contribution in [1.29, 1.82) is 0 Å². The zero-order chi connectivity index (χ0) is 21.3. The fraction of sp³-hybridized carbons (Fsp3) is 0.261. The summed E-state index contributed by atoms with van der Waals surface area (Å²) in [5, 5.41) is 3.92. The molecule has 1 aliphatic heterocycles. The lowest BCUT2D eigenvalue weighted by molar-refractivity contribution is -0.122. The van der Waals surface area contributed by atoms with E-state index in [0.29, 0.717) is 36.6 Å². The molecule has 2 heterocycles. The predicted molar refractivity (Wildman–Crippen MR) is 110 cm³/mol. The molecular formula is C23H23N3O4. The first-order valence-corrected chi connectivity index (χ1v) is 9.75. The van der Waals surface area contributed by atoms with E-state index in [9.17, 15) is 9.59 Å². The maximum Gasteiger partial charge on any atom is 0.254 e. The van der Waals surface area contributed by atoms with Crippen molar-refractivity contribution in [3.8, 4) is 5.75 Å². The molecule has 4 rings (SSSR count). The molecule has 30 heavy (non-hydrogen) atoms. The van der Waals surface area contributed by atoms with Crippen LogP contribution in [0.3, 0.4) is 0 Å². The third kappa shape index (κ3) is 3.78. The smallest absolute Gasteiger partial charge is 0.254 e. The molecule has 0 saturated carbocycles. The summed E-state index contributed by atoms with van der Waals surface area (Å²) in [5.41, 5.74) is 9.78. The van der Waals surface area contributed by atoms with Gasteiger partial charge in [-0.25, -0.2) is 0 Å². The van der Waals surface area contributed by atoms with Crippen molar-refractivity contribution < 1.29 is 18.8 Å². The quantitative estimate of drug-likeness (QED) is 0.704. The summed E-state index contributed by atoms with van der Waals surface area (Å²) in [4.78, 5) is 26.9. The zero-order valence-electron chi connectivity index (χ0n) is 16.9. The topological polar surface area (TPSA) is 98.7 Å². The molecule has 1 atom stereocenters. The van der Waals surface area contributed by atoms with Gasteiger partial charge in [0.15, 0.2) is 0 Å². The lowest BCUT2D eigenvalue weighted by Gasteiger charge is -2.35. The van der Waals surface area contributed by atoms with Crippen LogP contribution in [0.1, 0.15) is 38.5 Å². The Hall–Kier alpha value is -3.61. The molecule has 0 spiro atoms. The third-order valence-corrected chi connectivity index (χ3v) is 5.48. The van der Waals surface area contributed by atoms with Crippen molar-refractivity contribution in [3.63, 3.8) is 0 Å². The number of carbonyl (C=O) groups is 2. The van der Waals surface area contributed by atoms with E-state index in [-0.39, 0.29) is 5.91 Å². The van der Waals surface area contributed by atoms with Gasteiger partial charge in [0, 0.05) is 18.5 Å². The Kier molecular flexibility index (Phi) is 5.27. The van der Waals surface area contributed by atoms with Crippen molar-refractivity contribution in [1.82, 2.24) is 10.1 Å². The molecule has 154 valence electrons. The van der Waals surface area contributed by atoms with Crippen molar-refractivity contribution in [3.05, 3.63) is 82.2 Å². The first kappa shape index (κ1) is 19.7. The zero-order valence-corrected chi connectivity index (χ0v) is 16.9. The van der Waals surface area contributed by atoms with Crippen LogP contribution < -0.4 is 10.5 Å². The molecule has 0 radical (unpaired) electrons. The molecule has 7 nitrogen and oxygen atoms in total. The number of nitrogens with zero attached hydrogens (tertiary/aromatic N) is 2. The van der Waals surface area contributed by atoms with Gasteiger partial charge in [-0.15, -0.1) is 0 Å². The van der Waals surface area contributed by atoms with Crippen molar-refractivity contribution in [2.45, 2.75) is 39.5 Å². The summed E-state index contributed by atoms with van der Waals surface area (Å²) in [6.45, 7) is 4.32. The minimum absolute atomic E-state index is 0.254. The normalized spacial score (nSPS) is 15.5. The summed E-state index contributed by atoms with van der Waals surface area (Å²) in [6.07, 6.45) is 0.416. The number of carbonyl (C=O) groups excluding carboxylic acids is 2. The molecule has 2 aromatic carbocycles. The average Bonchev–Trinajstić information content (AvgIpc) is 3.08. The molecule has 1 aromatic heterocycles. The van der Waals surface area contributed by atoms with Gasteiger partial charge >= 0.3 is 0 Å². The van der Waals surface area contributed by atoms with E-state index in [1.54, 1.807) is 24.3 Å². The molecule has 2 N–H and O–H groups in total. The van der Waals surface area contributed by atoms with Crippen LogP contribution in [0.5, 0.6) is 5.75 Å². The van der Waals surface area contributed by atoms with Crippen LogP contribution in [-0.2, 0) is 24.4 Å². The lowest BCUT2D eigenvalue weighted by atomic mass is 9.93. The maximum absolute atomic E-state index is 13.3. The SMILES string of the molecule is Cc1noc(C)c1COc1cccc(C(=O)N2Cc3ccccc3C[C@H]2C(N)=O)c1. The van der Waals surface area contributed by atoms with Crippen molar-refractivity contribution in [2.75, 3.05) is 0 Å². The van der Waals surface area contributed by atoms with Gasteiger partial charge in [-0.1, -0.05) is 35.5 Å². The van der Waals surface area contributed by atoms with E-state index in [4.69, 9.17) is 15.0 Å². The Balaban J connectivity index is 1.55. The van der Waals surface area contributed by atoms with Crippen molar-refractivity contribution >= 4 is 11.8 Å². The number of hydrogen-bond donors (Lipinski definition) is 1. The summed E-state index contributed by atoms with van der Waals surface area (Å²) in [5.74, 6) is 0.490. The number of primary amides is 1. The monoisotopic (exact) mass is 405 g/mol. The van der Waals surface area contributed by atoms with Gasteiger partial charge < -0.3 is 19.9 Å². The van der Waals surface area contributed by atoms with Gasteiger partial charge in [-0.2, -0.15) is 0 Å². The number of aromatic nitrogens is 1. The number of amides is 2. The van der Waals surface area contributed by atoms with E-state index in [1.165, 1.54) is 4.90 Å². The standard InChI is InChI=1S/C23H23N3O4/c1-14-20(15(2)30-25-14)13-29-19-9-5-8-17(10-19)23(28)26-12-18-7-4-3-6-16(18)11-21(26)22(24)27/h3-10,21H,11-13H2,1-2H3,(H2,24,27)/t21-/m0/s1. The second-order valence-electron chi connectivity index (χ2n) is 7.44. The number of ether oxygens (including phenoxy) is 1. The van der Waals surface area contributed by atoms with Gasteiger partial charge in [-0.05, 0) is 43.2 Å². The Labute approximate surface area is 174 Å². The molecule has 0 aliphatic carbocycles. The van der Waals surface area contributed by atoms with Crippen LogP contribution in [0.2, 0.25) is 0 Å². The fourth-order valence-electron chi connectivity index (χ4n) is 3.74. The number of fused-ring (bicyclic) bond motifs is 1. The number of rotatable bonds is 5. The molecule has 1 aliphatic rings. The highest BCUT2D eigenvalue weighted by molar-refractivity contribution is 5.98. The third-order valence-electron chi connectivity index (χ3n) is 5.48. The Bertz CT molecular complexity index is 1090. The second-order valence-corrected chi connectivity index (χ2v) is 7.44. The Morgan fingerprint density at radius 1 is 1.17 bits per heavy atom. The summed E-state index contributed by atoms with van der Waals surface area (Å²) in [6, 6.07) is 14.0. The van der Waals surface area contributed by atoms with E-state index >= 15 is 0 Å². The Morgan fingerprint density at radius 3 is 2.63 bits per heavy atom. The molecule has 0 fully saturated rings. The summed E-state index contributed by atoms with van der Waals surface area (Å²) >= 11 is 0. The van der Waals surface area contributed by atoms with Gasteiger partial charge in [0.05, 0.1) is 11.3 Å². The minimum atomic E-state index is -0.681. The first-order chi connectivity index (χ1) is 14.4. The molecule has 7 heteroatoms. The molecule has 0 unspecified atom stereocenters. The molecular weight excluding hydrogens is 382 g/mol. The highest BCUT2D eigenvalue weighted by atomic mass is 16.5. The number of benzene rings is 2. The van der Waals surface area contributed by atoms with Crippen LogP contribution in [0.4, 0.5) is 0 Å². The first-order valence-electron chi connectivity index (χ1n) is 9.75. The lowest BCUT2D eigenvalue weighted by Crippen LogP contribution is -2.51. The highest BCUT2D eigenvalue weighted by Gasteiger charge is 2.33. The molecule has 2 amide bonds. The van der Waals surface area contributed by atoms with Crippen LogP contribution in [0, 0.1) is 13.8 Å². The number of aryl methyl sites for hydroxylation is 2. The van der Waals surface area contributed by atoms with Gasteiger partial charge in [-0.3, -0.25) is 9.59 Å². The Morgan fingerprint density at radius 2 is 1.93 bits per heavy atom. The van der Waals surface area contributed by atoms with Crippen LogP contribution in [0.15, 0.2) is 53.1 Å².